The number of nitro groups is 1. The third kappa shape index (κ3) is 3.67. The zero-order chi connectivity index (χ0) is 17.8. The van der Waals surface area contributed by atoms with E-state index < -0.39 is 4.92 Å². The van der Waals surface area contributed by atoms with Crippen molar-refractivity contribution in [2.45, 2.75) is 45.6 Å². The third-order valence-corrected chi connectivity index (χ3v) is 4.49. The second-order valence-electron chi connectivity index (χ2n) is 6.19. The standard InChI is InChI=1S/C17H22N6O2/c1-3-13-8-4-5-10-22(13)17-15(23(24)25)16(18-11-19-17)21-14-9-6-7-12(2)20-14/h6-7,9,11,13H,3-5,8,10H2,1-2H3,(H,18,19,20,21). The summed E-state index contributed by atoms with van der Waals surface area (Å²) in [5, 5.41) is 14.8. The Hall–Kier alpha value is -2.77. The van der Waals surface area contributed by atoms with Gasteiger partial charge in [0.15, 0.2) is 0 Å². The third-order valence-electron chi connectivity index (χ3n) is 4.49. The molecule has 1 aliphatic rings. The molecule has 1 unspecified atom stereocenters. The van der Waals surface area contributed by atoms with Crippen LogP contribution in [-0.2, 0) is 0 Å². The molecule has 0 aromatic carbocycles. The van der Waals surface area contributed by atoms with Crippen molar-refractivity contribution in [3.63, 3.8) is 0 Å². The molecule has 25 heavy (non-hydrogen) atoms. The van der Waals surface area contributed by atoms with Crippen LogP contribution < -0.4 is 10.2 Å². The summed E-state index contributed by atoms with van der Waals surface area (Å²) in [7, 11) is 0. The van der Waals surface area contributed by atoms with Crippen molar-refractivity contribution >= 4 is 23.1 Å². The largest absolute Gasteiger partial charge is 0.353 e. The first-order valence-corrected chi connectivity index (χ1v) is 8.57. The smallest absolute Gasteiger partial charge is 0.348 e. The van der Waals surface area contributed by atoms with Gasteiger partial charge in [0, 0.05) is 18.3 Å². The van der Waals surface area contributed by atoms with Crippen LogP contribution in [0.4, 0.5) is 23.1 Å². The van der Waals surface area contributed by atoms with Crippen molar-refractivity contribution in [1.29, 1.82) is 0 Å². The van der Waals surface area contributed by atoms with Crippen LogP contribution in [0.2, 0.25) is 0 Å². The molecule has 1 N–H and O–H groups in total. The number of piperidine rings is 1. The van der Waals surface area contributed by atoms with Crippen molar-refractivity contribution < 1.29 is 4.92 Å². The van der Waals surface area contributed by atoms with E-state index >= 15 is 0 Å². The van der Waals surface area contributed by atoms with Crippen LogP contribution in [0.1, 0.15) is 38.3 Å². The van der Waals surface area contributed by atoms with E-state index in [2.05, 4.69) is 32.1 Å². The van der Waals surface area contributed by atoms with Crippen molar-refractivity contribution in [3.8, 4) is 0 Å². The summed E-state index contributed by atoms with van der Waals surface area (Å²) in [6.45, 7) is 4.74. The Morgan fingerprint density at radius 3 is 2.92 bits per heavy atom. The van der Waals surface area contributed by atoms with Gasteiger partial charge in [0.1, 0.15) is 12.1 Å². The second kappa shape index (κ2) is 7.42. The summed E-state index contributed by atoms with van der Waals surface area (Å²) >= 11 is 0. The van der Waals surface area contributed by atoms with Crippen LogP contribution in [0.3, 0.4) is 0 Å². The van der Waals surface area contributed by atoms with Gasteiger partial charge in [-0.25, -0.2) is 15.0 Å². The first kappa shape index (κ1) is 17.1. The molecule has 0 amide bonds. The topological polar surface area (TPSA) is 97.1 Å². The Bertz CT molecular complexity index is 767. The van der Waals surface area contributed by atoms with Crippen molar-refractivity contribution in [2.75, 3.05) is 16.8 Å². The predicted molar refractivity (Wildman–Crippen MR) is 96.2 cm³/mol. The van der Waals surface area contributed by atoms with Crippen LogP contribution in [0, 0.1) is 17.0 Å². The molecule has 3 heterocycles. The van der Waals surface area contributed by atoms with Crippen molar-refractivity contribution in [3.05, 3.63) is 40.3 Å². The average Bonchev–Trinajstić information content (AvgIpc) is 2.61. The molecule has 132 valence electrons. The summed E-state index contributed by atoms with van der Waals surface area (Å²) in [5.41, 5.74) is 0.732. The highest BCUT2D eigenvalue weighted by molar-refractivity contribution is 5.73. The molecule has 8 nitrogen and oxygen atoms in total. The summed E-state index contributed by atoms with van der Waals surface area (Å²) in [6.07, 6.45) is 5.50. The lowest BCUT2D eigenvalue weighted by atomic mass is 10.00. The Labute approximate surface area is 146 Å². The minimum Gasteiger partial charge on any atom is -0.348 e. The number of hydrogen-bond donors (Lipinski definition) is 1. The summed E-state index contributed by atoms with van der Waals surface area (Å²) in [6, 6.07) is 5.74. The molecule has 0 aliphatic carbocycles. The molecule has 1 aliphatic heterocycles. The van der Waals surface area contributed by atoms with Gasteiger partial charge >= 0.3 is 5.69 Å². The average molecular weight is 342 g/mol. The van der Waals surface area contributed by atoms with E-state index in [0.717, 1.165) is 37.9 Å². The Morgan fingerprint density at radius 1 is 1.36 bits per heavy atom. The van der Waals surface area contributed by atoms with Crippen LogP contribution in [0.25, 0.3) is 0 Å². The number of nitrogens with zero attached hydrogens (tertiary/aromatic N) is 5. The summed E-state index contributed by atoms with van der Waals surface area (Å²) in [4.78, 5) is 26.1. The van der Waals surface area contributed by atoms with Crippen LogP contribution in [0.15, 0.2) is 24.5 Å². The molecule has 0 saturated carbocycles. The van der Waals surface area contributed by atoms with Crippen LogP contribution >= 0.6 is 0 Å². The van der Waals surface area contributed by atoms with Crippen molar-refractivity contribution in [2.24, 2.45) is 0 Å². The van der Waals surface area contributed by atoms with E-state index in [1.165, 1.54) is 6.33 Å². The molecule has 8 heteroatoms. The lowest BCUT2D eigenvalue weighted by Gasteiger charge is -2.35. The van der Waals surface area contributed by atoms with Gasteiger partial charge in [-0.3, -0.25) is 10.1 Å². The number of pyridine rings is 1. The van der Waals surface area contributed by atoms with Crippen LogP contribution in [-0.4, -0.2) is 32.5 Å². The molecule has 0 radical (unpaired) electrons. The highest BCUT2D eigenvalue weighted by Gasteiger charge is 2.31. The zero-order valence-electron chi connectivity index (χ0n) is 14.5. The first-order chi connectivity index (χ1) is 12.1. The minimum atomic E-state index is -0.408. The summed E-state index contributed by atoms with van der Waals surface area (Å²) < 4.78 is 0. The van der Waals surface area contributed by atoms with Gasteiger partial charge in [-0.05, 0) is 44.7 Å². The monoisotopic (exact) mass is 342 g/mol. The highest BCUT2D eigenvalue weighted by atomic mass is 16.6. The van der Waals surface area contributed by atoms with Gasteiger partial charge in [0.2, 0.25) is 11.6 Å². The highest BCUT2D eigenvalue weighted by Crippen LogP contribution is 2.36. The second-order valence-corrected chi connectivity index (χ2v) is 6.19. The lowest BCUT2D eigenvalue weighted by molar-refractivity contribution is -0.383. The Morgan fingerprint density at radius 2 is 2.20 bits per heavy atom. The van der Waals surface area contributed by atoms with E-state index in [-0.39, 0.29) is 17.5 Å². The molecule has 1 atom stereocenters. The maximum atomic E-state index is 11.8. The molecule has 1 saturated heterocycles. The molecule has 0 bridgehead atoms. The maximum Gasteiger partial charge on any atom is 0.353 e. The van der Waals surface area contributed by atoms with Gasteiger partial charge in [-0.2, -0.15) is 0 Å². The normalized spacial score (nSPS) is 17.4. The molecule has 2 aromatic rings. The number of anilines is 3. The predicted octanol–water partition coefficient (Wildman–Crippen LogP) is 3.60. The SMILES string of the molecule is CCC1CCCCN1c1ncnc(Nc2cccc(C)n2)c1[N+](=O)[O-]. The molecule has 2 aromatic heterocycles. The number of hydrogen-bond acceptors (Lipinski definition) is 7. The van der Waals surface area contributed by atoms with E-state index in [1.807, 2.05) is 19.1 Å². The van der Waals surface area contributed by atoms with Gasteiger partial charge in [-0.15, -0.1) is 0 Å². The van der Waals surface area contributed by atoms with E-state index in [0.29, 0.717) is 11.6 Å². The van der Waals surface area contributed by atoms with E-state index in [4.69, 9.17) is 0 Å². The molecule has 0 spiro atoms. The number of nitrogens with one attached hydrogen (secondary N) is 1. The molecule has 1 fully saturated rings. The zero-order valence-corrected chi connectivity index (χ0v) is 14.5. The van der Waals surface area contributed by atoms with Crippen molar-refractivity contribution in [1.82, 2.24) is 15.0 Å². The molecular weight excluding hydrogens is 320 g/mol. The maximum absolute atomic E-state index is 11.8. The van der Waals surface area contributed by atoms with Gasteiger partial charge < -0.3 is 10.2 Å². The van der Waals surface area contributed by atoms with Gasteiger partial charge in [0.05, 0.1) is 4.92 Å². The fourth-order valence-corrected chi connectivity index (χ4v) is 3.28. The molecule has 3 rings (SSSR count). The number of aryl methyl sites for hydroxylation is 1. The number of rotatable bonds is 5. The minimum absolute atomic E-state index is 0.0915. The summed E-state index contributed by atoms with van der Waals surface area (Å²) in [5.74, 6) is 1.09. The first-order valence-electron chi connectivity index (χ1n) is 8.57. The Balaban J connectivity index is 2.01. The fraction of sp³-hybridized carbons (Fsp3) is 0.471. The van der Waals surface area contributed by atoms with Gasteiger partial charge in [-0.1, -0.05) is 13.0 Å². The van der Waals surface area contributed by atoms with Crippen LogP contribution in [0.5, 0.6) is 0 Å². The quantitative estimate of drug-likeness (QED) is 0.655. The fourth-order valence-electron chi connectivity index (χ4n) is 3.28. The lowest BCUT2D eigenvalue weighted by Crippen LogP contribution is -2.40. The number of aromatic nitrogens is 3. The Kier molecular flexibility index (Phi) is 5.06. The molecular formula is C17H22N6O2. The van der Waals surface area contributed by atoms with E-state index in [9.17, 15) is 10.1 Å². The van der Waals surface area contributed by atoms with E-state index in [1.54, 1.807) is 6.07 Å². The van der Waals surface area contributed by atoms with Gasteiger partial charge in [0.25, 0.3) is 0 Å².